The Kier molecular flexibility index (Phi) is 5.48. The van der Waals surface area contributed by atoms with Gasteiger partial charge in [0, 0.05) is 29.2 Å². The molecule has 2 rings (SSSR count). The van der Waals surface area contributed by atoms with Crippen LogP contribution in [0.15, 0.2) is 18.2 Å². The number of hydrogen-bond donors (Lipinski definition) is 1. The normalized spacial score (nSPS) is 15.6. The van der Waals surface area contributed by atoms with Crippen molar-refractivity contribution in [2.45, 2.75) is 38.8 Å². The number of nitrogens with one attached hydrogen (secondary N) is 1. The summed E-state index contributed by atoms with van der Waals surface area (Å²) in [6.45, 7) is 4.86. The third-order valence-electron chi connectivity index (χ3n) is 3.87. The van der Waals surface area contributed by atoms with Gasteiger partial charge in [0.1, 0.15) is 5.75 Å². The molecule has 1 aromatic carbocycles. The zero-order chi connectivity index (χ0) is 15.4. The molecule has 1 aromatic rings. The number of benzene rings is 1. The summed E-state index contributed by atoms with van der Waals surface area (Å²) in [5.74, 6) is 0.763. The number of hydrogen-bond acceptors (Lipinski definition) is 3. The van der Waals surface area contributed by atoms with Crippen LogP contribution < -0.4 is 10.1 Å². The van der Waals surface area contributed by atoms with Gasteiger partial charge in [-0.2, -0.15) is 0 Å². The van der Waals surface area contributed by atoms with Gasteiger partial charge in [0.05, 0.1) is 0 Å². The van der Waals surface area contributed by atoms with Gasteiger partial charge >= 0.3 is 0 Å². The van der Waals surface area contributed by atoms with E-state index in [1.807, 2.05) is 37.9 Å². The van der Waals surface area contributed by atoms with Crippen LogP contribution in [0, 0.1) is 0 Å². The van der Waals surface area contributed by atoms with Crippen LogP contribution in [-0.4, -0.2) is 37.0 Å². The van der Waals surface area contributed by atoms with Crippen LogP contribution in [0.1, 0.15) is 38.3 Å². The second-order valence-electron chi connectivity index (χ2n) is 5.39. The summed E-state index contributed by atoms with van der Waals surface area (Å²) in [5, 5.41) is 3.83. The molecule has 1 N–H and O–H groups in total. The van der Waals surface area contributed by atoms with Crippen LogP contribution in [0.4, 0.5) is 0 Å². The lowest BCUT2D eigenvalue weighted by atomic mass is 10.1. The van der Waals surface area contributed by atoms with Crippen LogP contribution in [0.25, 0.3) is 0 Å². The first-order valence-electron chi connectivity index (χ1n) is 7.45. The van der Waals surface area contributed by atoms with Crippen LogP contribution in [0.3, 0.4) is 0 Å². The maximum atomic E-state index is 12.2. The molecule has 116 valence electrons. The van der Waals surface area contributed by atoms with Gasteiger partial charge < -0.3 is 15.0 Å². The summed E-state index contributed by atoms with van der Waals surface area (Å²) < 4.78 is 5.75. The zero-order valence-electron chi connectivity index (χ0n) is 12.9. The molecule has 21 heavy (non-hydrogen) atoms. The van der Waals surface area contributed by atoms with Crippen molar-refractivity contribution in [3.63, 3.8) is 0 Å². The molecule has 1 amide bonds. The largest absolute Gasteiger partial charge is 0.483 e. The average Bonchev–Trinajstić information content (AvgIpc) is 3.30. The predicted molar refractivity (Wildman–Crippen MR) is 84.8 cm³/mol. The van der Waals surface area contributed by atoms with E-state index in [2.05, 4.69) is 5.32 Å². The number of nitrogens with zero attached hydrogens (tertiary/aromatic N) is 1. The van der Waals surface area contributed by atoms with Crippen molar-refractivity contribution in [1.82, 2.24) is 10.2 Å². The van der Waals surface area contributed by atoms with Gasteiger partial charge in [-0.3, -0.25) is 4.79 Å². The third-order valence-corrected chi connectivity index (χ3v) is 4.11. The fraction of sp³-hybridized carbons (Fsp3) is 0.562. The highest BCUT2D eigenvalue weighted by Gasteiger charge is 2.31. The van der Waals surface area contributed by atoms with E-state index in [-0.39, 0.29) is 18.6 Å². The molecule has 0 aliphatic heterocycles. The summed E-state index contributed by atoms with van der Waals surface area (Å²) in [4.78, 5) is 14.1. The van der Waals surface area contributed by atoms with E-state index in [0.717, 1.165) is 24.9 Å². The minimum atomic E-state index is 0.0537. The Labute approximate surface area is 131 Å². The van der Waals surface area contributed by atoms with Gasteiger partial charge in [-0.25, -0.2) is 0 Å². The Morgan fingerprint density at radius 2 is 2.24 bits per heavy atom. The quantitative estimate of drug-likeness (QED) is 0.841. The molecule has 0 saturated heterocycles. The smallest absolute Gasteiger partial charge is 0.260 e. The average molecular weight is 311 g/mol. The predicted octanol–water partition coefficient (Wildman–Crippen LogP) is 3.01. The molecule has 5 heteroatoms. The Hall–Kier alpha value is -1.26. The fourth-order valence-corrected chi connectivity index (χ4v) is 2.57. The molecule has 0 radical (unpaired) electrons. The van der Waals surface area contributed by atoms with Crippen molar-refractivity contribution in [2.75, 3.05) is 20.2 Å². The van der Waals surface area contributed by atoms with Crippen LogP contribution in [0.2, 0.25) is 5.02 Å². The summed E-state index contributed by atoms with van der Waals surface area (Å²) in [6.07, 6.45) is 2.23. The monoisotopic (exact) mass is 310 g/mol. The van der Waals surface area contributed by atoms with E-state index in [0.29, 0.717) is 16.8 Å². The highest BCUT2D eigenvalue weighted by atomic mass is 35.5. The zero-order valence-corrected chi connectivity index (χ0v) is 13.6. The Bertz CT molecular complexity index is 503. The van der Waals surface area contributed by atoms with Crippen LogP contribution in [0.5, 0.6) is 5.75 Å². The van der Waals surface area contributed by atoms with Crippen molar-refractivity contribution >= 4 is 17.5 Å². The SMILES string of the molecule is CCN(C(=O)COc1ccc(Cl)cc1C(C)NC)C1CC1. The van der Waals surface area contributed by atoms with Crippen LogP contribution in [-0.2, 0) is 4.79 Å². The Morgan fingerprint density at radius 1 is 1.52 bits per heavy atom. The Balaban J connectivity index is 2.03. The van der Waals surface area contributed by atoms with E-state index in [1.54, 1.807) is 6.07 Å². The number of carbonyl (C=O) groups is 1. The highest BCUT2D eigenvalue weighted by molar-refractivity contribution is 6.30. The van der Waals surface area contributed by atoms with Crippen molar-refractivity contribution < 1.29 is 9.53 Å². The van der Waals surface area contributed by atoms with Crippen molar-refractivity contribution in [1.29, 1.82) is 0 Å². The van der Waals surface area contributed by atoms with E-state index in [9.17, 15) is 4.79 Å². The molecule has 1 aliphatic carbocycles. The lowest BCUT2D eigenvalue weighted by Crippen LogP contribution is -2.36. The molecule has 4 nitrogen and oxygen atoms in total. The first-order chi connectivity index (χ1) is 10.1. The molecule has 0 spiro atoms. The van der Waals surface area contributed by atoms with Gasteiger partial charge in [-0.1, -0.05) is 11.6 Å². The topological polar surface area (TPSA) is 41.6 Å². The minimum Gasteiger partial charge on any atom is -0.483 e. The van der Waals surface area contributed by atoms with Crippen LogP contribution >= 0.6 is 11.6 Å². The maximum absolute atomic E-state index is 12.2. The van der Waals surface area contributed by atoms with Gasteiger partial charge in [0.25, 0.3) is 5.91 Å². The van der Waals surface area contributed by atoms with Crippen molar-refractivity contribution in [3.8, 4) is 5.75 Å². The summed E-state index contributed by atoms with van der Waals surface area (Å²) in [7, 11) is 1.88. The molecular formula is C16H23ClN2O2. The first-order valence-corrected chi connectivity index (χ1v) is 7.83. The number of ether oxygens (including phenoxy) is 1. The first kappa shape index (κ1) is 16.1. The highest BCUT2D eigenvalue weighted by Crippen LogP contribution is 2.29. The van der Waals surface area contributed by atoms with E-state index in [4.69, 9.17) is 16.3 Å². The van der Waals surface area contributed by atoms with Gasteiger partial charge in [-0.05, 0) is 51.9 Å². The fourth-order valence-electron chi connectivity index (χ4n) is 2.39. The minimum absolute atomic E-state index is 0.0537. The molecule has 0 heterocycles. The lowest BCUT2D eigenvalue weighted by molar-refractivity contribution is -0.133. The molecule has 0 aromatic heterocycles. The molecule has 1 atom stereocenters. The van der Waals surface area contributed by atoms with Gasteiger partial charge in [0.15, 0.2) is 6.61 Å². The summed E-state index contributed by atoms with van der Waals surface area (Å²) in [6, 6.07) is 6.02. The molecule has 0 bridgehead atoms. The lowest BCUT2D eigenvalue weighted by Gasteiger charge is -2.22. The second kappa shape index (κ2) is 7.14. The molecule has 1 saturated carbocycles. The van der Waals surface area contributed by atoms with Crippen molar-refractivity contribution in [2.24, 2.45) is 0 Å². The summed E-state index contributed by atoms with van der Waals surface area (Å²) in [5.41, 5.74) is 0.965. The third kappa shape index (κ3) is 4.11. The van der Waals surface area contributed by atoms with Crippen molar-refractivity contribution in [3.05, 3.63) is 28.8 Å². The number of likely N-dealkylation sites (N-methyl/N-ethyl adjacent to an activating group) is 1. The number of halogens is 1. The Morgan fingerprint density at radius 3 is 2.81 bits per heavy atom. The van der Waals surface area contributed by atoms with Gasteiger partial charge in [0.2, 0.25) is 0 Å². The molecule has 1 fully saturated rings. The summed E-state index contributed by atoms with van der Waals surface area (Å²) >= 11 is 6.04. The van der Waals surface area contributed by atoms with Gasteiger partial charge in [-0.15, -0.1) is 0 Å². The second-order valence-corrected chi connectivity index (χ2v) is 5.83. The maximum Gasteiger partial charge on any atom is 0.260 e. The standard InChI is InChI=1S/C16H23ClN2O2/c1-4-19(13-6-7-13)16(20)10-21-15-8-5-12(17)9-14(15)11(2)18-3/h5,8-9,11,13,18H,4,6-7,10H2,1-3H3. The molecule has 1 unspecified atom stereocenters. The number of rotatable bonds is 7. The number of carbonyl (C=O) groups excluding carboxylic acids is 1. The number of amides is 1. The molecule has 1 aliphatic rings. The van der Waals surface area contributed by atoms with E-state index >= 15 is 0 Å². The van der Waals surface area contributed by atoms with E-state index < -0.39 is 0 Å². The molecular weight excluding hydrogens is 288 g/mol. The van der Waals surface area contributed by atoms with E-state index in [1.165, 1.54) is 0 Å².